The Morgan fingerprint density at radius 3 is 3.14 bits per heavy atom. The number of hydrogen-bond donors (Lipinski definition) is 1. The molecule has 150 valence electrons. The molecule has 2 heterocycles. The Hall–Kier alpha value is -2.32. The van der Waals surface area contributed by atoms with Gasteiger partial charge in [-0.2, -0.15) is 5.21 Å². The van der Waals surface area contributed by atoms with Crippen molar-refractivity contribution in [2.75, 3.05) is 33.4 Å². The summed E-state index contributed by atoms with van der Waals surface area (Å²) in [5.41, 5.74) is 2.93. The fourth-order valence-electron chi connectivity index (χ4n) is 4.30. The molecule has 0 saturated carbocycles. The van der Waals surface area contributed by atoms with Gasteiger partial charge in [-0.1, -0.05) is 12.1 Å². The molecule has 1 aliphatic heterocycles. The summed E-state index contributed by atoms with van der Waals surface area (Å²) in [7, 11) is 1.69. The van der Waals surface area contributed by atoms with Crippen LogP contribution in [0.4, 0.5) is 0 Å². The molecule has 8 nitrogen and oxygen atoms in total. The first-order chi connectivity index (χ1) is 13.6. The zero-order chi connectivity index (χ0) is 19.6. The Kier molecular flexibility index (Phi) is 5.41. The van der Waals surface area contributed by atoms with Crippen molar-refractivity contribution in [3.63, 3.8) is 0 Å². The van der Waals surface area contributed by atoms with Crippen LogP contribution >= 0.6 is 0 Å². The number of ether oxygens (including phenoxy) is 2. The Bertz CT molecular complexity index is 825. The number of methoxy groups -OCH3 is 1. The van der Waals surface area contributed by atoms with E-state index in [0.717, 1.165) is 36.8 Å². The SMILES string of the molecule is COCCC1(C)CN(C(=O)C2CCCc3cc(-c4nn[nH]n4)ccc32)CCO1. The first kappa shape index (κ1) is 19.0. The number of rotatable bonds is 5. The third kappa shape index (κ3) is 3.79. The van der Waals surface area contributed by atoms with Crippen LogP contribution in [0, 0.1) is 0 Å². The van der Waals surface area contributed by atoms with Crippen molar-refractivity contribution < 1.29 is 14.3 Å². The maximum absolute atomic E-state index is 13.4. The third-order valence-electron chi connectivity index (χ3n) is 5.84. The second-order valence-electron chi connectivity index (χ2n) is 7.89. The number of aromatic nitrogens is 4. The molecule has 1 aromatic carbocycles. The molecule has 0 spiro atoms. The Morgan fingerprint density at radius 1 is 1.46 bits per heavy atom. The van der Waals surface area contributed by atoms with Crippen LogP contribution in [0.15, 0.2) is 18.2 Å². The minimum atomic E-state index is -0.343. The van der Waals surface area contributed by atoms with Crippen LogP contribution in [-0.2, 0) is 20.7 Å². The van der Waals surface area contributed by atoms with Gasteiger partial charge in [0.05, 0.1) is 18.1 Å². The zero-order valence-electron chi connectivity index (χ0n) is 16.5. The number of fused-ring (bicyclic) bond motifs is 1. The number of amides is 1. The van der Waals surface area contributed by atoms with Crippen molar-refractivity contribution in [2.45, 2.75) is 44.1 Å². The molecule has 4 rings (SSSR count). The van der Waals surface area contributed by atoms with Gasteiger partial charge in [-0.15, -0.1) is 10.2 Å². The van der Waals surface area contributed by atoms with Crippen LogP contribution in [0.1, 0.15) is 43.2 Å². The normalized spacial score (nSPS) is 24.8. The number of hydrogen-bond acceptors (Lipinski definition) is 6. The van der Waals surface area contributed by atoms with Gasteiger partial charge in [0.15, 0.2) is 0 Å². The lowest BCUT2D eigenvalue weighted by Gasteiger charge is -2.42. The van der Waals surface area contributed by atoms with Crippen molar-refractivity contribution >= 4 is 5.91 Å². The van der Waals surface area contributed by atoms with Gasteiger partial charge < -0.3 is 14.4 Å². The predicted molar refractivity (Wildman–Crippen MR) is 103 cm³/mol. The van der Waals surface area contributed by atoms with E-state index in [1.165, 1.54) is 5.56 Å². The molecule has 28 heavy (non-hydrogen) atoms. The summed E-state index contributed by atoms with van der Waals surface area (Å²) < 4.78 is 11.2. The van der Waals surface area contributed by atoms with Crippen LogP contribution < -0.4 is 0 Å². The molecule has 2 aliphatic rings. The van der Waals surface area contributed by atoms with Gasteiger partial charge in [-0.05, 0) is 48.6 Å². The molecule has 2 atom stereocenters. The molecule has 1 amide bonds. The van der Waals surface area contributed by atoms with Gasteiger partial charge in [0, 0.05) is 38.8 Å². The van der Waals surface area contributed by atoms with E-state index in [2.05, 4.69) is 39.7 Å². The number of nitrogens with zero attached hydrogens (tertiary/aromatic N) is 4. The first-order valence-electron chi connectivity index (χ1n) is 9.88. The average molecular weight is 385 g/mol. The van der Waals surface area contributed by atoms with Crippen LogP contribution in [0.3, 0.4) is 0 Å². The minimum Gasteiger partial charge on any atom is -0.385 e. The van der Waals surface area contributed by atoms with Crippen LogP contribution in [-0.4, -0.2) is 70.4 Å². The summed E-state index contributed by atoms with van der Waals surface area (Å²) in [6.07, 6.45) is 3.64. The lowest BCUT2D eigenvalue weighted by molar-refractivity contribution is -0.152. The van der Waals surface area contributed by atoms with Gasteiger partial charge >= 0.3 is 0 Å². The van der Waals surface area contributed by atoms with E-state index in [4.69, 9.17) is 9.47 Å². The summed E-state index contributed by atoms with van der Waals surface area (Å²) in [5, 5.41) is 14.2. The summed E-state index contributed by atoms with van der Waals surface area (Å²) in [6, 6.07) is 6.15. The van der Waals surface area contributed by atoms with Crippen molar-refractivity contribution in [1.29, 1.82) is 0 Å². The molecule has 0 bridgehead atoms. The number of carbonyl (C=O) groups excluding carboxylic acids is 1. The van der Waals surface area contributed by atoms with Crippen molar-refractivity contribution in [3.05, 3.63) is 29.3 Å². The molecule has 1 N–H and O–H groups in total. The highest BCUT2D eigenvalue weighted by molar-refractivity contribution is 5.85. The highest BCUT2D eigenvalue weighted by Crippen LogP contribution is 2.36. The van der Waals surface area contributed by atoms with E-state index < -0.39 is 0 Å². The highest BCUT2D eigenvalue weighted by atomic mass is 16.5. The molecule has 1 aliphatic carbocycles. The maximum Gasteiger partial charge on any atom is 0.230 e. The van der Waals surface area contributed by atoms with Gasteiger partial charge in [0.2, 0.25) is 11.7 Å². The van der Waals surface area contributed by atoms with E-state index in [0.29, 0.717) is 32.1 Å². The zero-order valence-corrected chi connectivity index (χ0v) is 16.5. The molecule has 0 radical (unpaired) electrons. The van der Waals surface area contributed by atoms with E-state index in [1.54, 1.807) is 7.11 Å². The highest BCUT2D eigenvalue weighted by Gasteiger charge is 2.37. The lowest BCUT2D eigenvalue weighted by atomic mass is 9.81. The molecular weight excluding hydrogens is 358 g/mol. The van der Waals surface area contributed by atoms with E-state index in [1.807, 2.05) is 11.0 Å². The number of tetrazole rings is 1. The third-order valence-corrected chi connectivity index (χ3v) is 5.84. The summed E-state index contributed by atoms with van der Waals surface area (Å²) >= 11 is 0. The average Bonchev–Trinajstić information content (AvgIpc) is 3.26. The Labute approximate surface area is 164 Å². The van der Waals surface area contributed by atoms with E-state index in [-0.39, 0.29) is 17.4 Å². The second kappa shape index (κ2) is 7.97. The summed E-state index contributed by atoms with van der Waals surface area (Å²) in [5.74, 6) is 0.700. The molecular formula is C20H27N5O3. The van der Waals surface area contributed by atoms with Crippen LogP contribution in [0.25, 0.3) is 11.4 Å². The first-order valence-corrected chi connectivity index (χ1v) is 9.88. The van der Waals surface area contributed by atoms with Gasteiger partial charge in [0.25, 0.3) is 0 Å². The maximum atomic E-state index is 13.4. The number of aromatic amines is 1. The van der Waals surface area contributed by atoms with Gasteiger partial charge in [-0.25, -0.2) is 0 Å². The Balaban J connectivity index is 1.53. The van der Waals surface area contributed by atoms with Crippen LogP contribution in [0.5, 0.6) is 0 Å². The van der Waals surface area contributed by atoms with Crippen LogP contribution in [0.2, 0.25) is 0 Å². The summed E-state index contributed by atoms with van der Waals surface area (Å²) in [4.78, 5) is 15.4. The number of H-pyrrole nitrogens is 1. The molecule has 1 fully saturated rings. The standard InChI is InChI=1S/C20H27N5O3/c1-20(8-10-27-2)13-25(9-11-28-20)19(26)17-5-3-4-14-12-15(6-7-16(14)17)18-21-23-24-22-18/h6-7,12,17H,3-5,8-11,13H2,1-2H3,(H,21,22,23,24). The Morgan fingerprint density at radius 2 is 2.36 bits per heavy atom. The molecule has 1 saturated heterocycles. The van der Waals surface area contributed by atoms with E-state index >= 15 is 0 Å². The fourth-order valence-corrected chi connectivity index (χ4v) is 4.30. The van der Waals surface area contributed by atoms with Crippen molar-refractivity contribution in [2.24, 2.45) is 0 Å². The molecule has 8 heteroatoms. The molecule has 2 aromatic rings. The lowest BCUT2D eigenvalue weighted by Crippen LogP contribution is -2.53. The van der Waals surface area contributed by atoms with Gasteiger partial charge in [0.1, 0.15) is 0 Å². The topological polar surface area (TPSA) is 93.2 Å². The van der Waals surface area contributed by atoms with E-state index in [9.17, 15) is 4.79 Å². The number of carbonyl (C=O) groups is 1. The fraction of sp³-hybridized carbons (Fsp3) is 0.600. The minimum absolute atomic E-state index is 0.0900. The quantitative estimate of drug-likeness (QED) is 0.845. The van der Waals surface area contributed by atoms with Crippen molar-refractivity contribution in [1.82, 2.24) is 25.5 Å². The summed E-state index contributed by atoms with van der Waals surface area (Å²) in [6.45, 7) is 4.53. The number of benzene rings is 1. The number of aryl methyl sites for hydroxylation is 1. The smallest absolute Gasteiger partial charge is 0.230 e. The molecule has 1 aromatic heterocycles. The monoisotopic (exact) mass is 385 g/mol. The second-order valence-corrected chi connectivity index (χ2v) is 7.89. The number of nitrogens with one attached hydrogen (secondary N) is 1. The largest absolute Gasteiger partial charge is 0.385 e. The van der Waals surface area contributed by atoms with Gasteiger partial charge in [-0.3, -0.25) is 4.79 Å². The predicted octanol–water partition coefficient (Wildman–Crippen LogP) is 1.94. The van der Waals surface area contributed by atoms with Crippen molar-refractivity contribution in [3.8, 4) is 11.4 Å². The number of morpholine rings is 1. The molecule has 2 unspecified atom stereocenters.